The minimum atomic E-state index is 0.616. The van der Waals surface area contributed by atoms with E-state index in [4.69, 9.17) is 4.84 Å². The van der Waals surface area contributed by atoms with Gasteiger partial charge in [0.1, 0.15) is 0 Å². The second-order valence-electron chi connectivity index (χ2n) is 3.91. The number of hydrogen-bond acceptors (Lipinski definition) is 3. The maximum atomic E-state index is 5.39. The average Bonchev–Trinajstić information content (AvgIpc) is 2.24. The van der Waals surface area contributed by atoms with E-state index in [2.05, 4.69) is 31.3 Å². The second kappa shape index (κ2) is 8.13. The summed E-state index contributed by atoms with van der Waals surface area (Å²) in [7, 11) is 5.70. The standard InChI is InChI=1S/C13H24N2O/c1-7-8-13(12(3)14-4)9-11(2)10-16-15(5)6/h7-9,14H,10H2,1-6H3/b8-7-,11-9+,13-12+. The van der Waals surface area contributed by atoms with Crippen LogP contribution in [0.5, 0.6) is 0 Å². The Hall–Kier alpha value is -1.06. The number of rotatable bonds is 6. The molecule has 0 aliphatic rings. The van der Waals surface area contributed by atoms with Crippen LogP contribution in [0.25, 0.3) is 0 Å². The second-order valence-corrected chi connectivity index (χ2v) is 3.91. The SMILES string of the molecule is C\C=C/C(/C=C(\C)CON(C)C)=C(/C)NC. The molecule has 0 heterocycles. The molecule has 0 saturated carbocycles. The molecule has 0 atom stereocenters. The van der Waals surface area contributed by atoms with Crippen LogP contribution in [0.1, 0.15) is 20.8 Å². The van der Waals surface area contributed by atoms with Crippen LogP contribution in [-0.2, 0) is 4.84 Å². The minimum Gasteiger partial charge on any atom is -0.391 e. The van der Waals surface area contributed by atoms with Crippen molar-refractivity contribution in [2.75, 3.05) is 27.7 Å². The van der Waals surface area contributed by atoms with E-state index in [1.807, 2.05) is 34.1 Å². The van der Waals surface area contributed by atoms with E-state index in [-0.39, 0.29) is 0 Å². The van der Waals surface area contributed by atoms with Crippen molar-refractivity contribution in [3.8, 4) is 0 Å². The molecule has 0 unspecified atom stereocenters. The number of allylic oxidation sites excluding steroid dienone is 5. The summed E-state index contributed by atoms with van der Waals surface area (Å²) in [6.45, 7) is 6.76. The van der Waals surface area contributed by atoms with E-state index in [1.165, 1.54) is 11.1 Å². The first-order valence-corrected chi connectivity index (χ1v) is 5.50. The van der Waals surface area contributed by atoms with Crippen molar-refractivity contribution in [3.05, 3.63) is 35.1 Å². The largest absolute Gasteiger partial charge is 0.391 e. The summed E-state index contributed by atoms with van der Waals surface area (Å²) in [4.78, 5) is 5.39. The van der Waals surface area contributed by atoms with Gasteiger partial charge in [-0.25, -0.2) is 0 Å². The molecule has 0 aromatic rings. The van der Waals surface area contributed by atoms with Crippen molar-refractivity contribution < 1.29 is 4.84 Å². The average molecular weight is 224 g/mol. The molecule has 1 N–H and O–H groups in total. The van der Waals surface area contributed by atoms with Gasteiger partial charge in [-0.1, -0.05) is 18.2 Å². The Morgan fingerprint density at radius 1 is 1.31 bits per heavy atom. The fraction of sp³-hybridized carbons (Fsp3) is 0.538. The van der Waals surface area contributed by atoms with E-state index < -0.39 is 0 Å². The Kier molecular flexibility index (Phi) is 7.60. The third-order valence-electron chi connectivity index (χ3n) is 2.11. The Morgan fingerprint density at radius 3 is 2.38 bits per heavy atom. The van der Waals surface area contributed by atoms with E-state index in [0.29, 0.717) is 6.61 Å². The Bertz CT molecular complexity index is 288. The highest BCUT2D eigenvalue weighted by molar-refractivity contribution is 5.36. The van der Waals surface area contributed by atoms with Crippen molar-refractivity contribution in [3.63, 3.8) is 0 Å². The summed E-state index contributed by atoms with van der Waals surface area (Å²) >= 11 is 0. The third-order valence-corrected chi connectivity index (χ3v) is 2.11. The lowest BCUT2D eigenvalue weighted by molar-refractivity contribution is -0.108. The van der Waals surface area contributed by atoms with E-state index >= 15 is 0 Å². The van der Waals surface area contributed by atoms with E-state index in [0.717, 1.165) is 5.70 Å². The fourth-order valence-corrected chi connectivity index (χ4v) is 1.14. The van der Waals surface area contributed by atoms with Crippen LogP contribution in [0.3, 0.4) is 0 Å². The van der Waals surface area contributed by atoms with Gasteiger partial charge in [-0.15, -0.1) is 0 Å². The van der Waals surface area contributed by atoms with E-state index in [1.54, 1.807) is 5.06 Å². The van der Waals surface area contributed by atoms with Gasteiger partial charge in [0, 0.05) is 26.8 Å². The zero-order valence-corrected chi connectivity index (χ0v) is 11.3. The molecule has 3 nitrogen and oxygen atoms in total. The van der Waals surface area contributed by atoms with Crippen molar-refractivity contribution in [2.45, 2.75) is 20.8 Å². The quantitative estimate of drug-likeness (QED) is 0.554. The van der Waals surface area contributed by atoms with Crippen LogP contribution >= 0.6 is 0 Å². The smallest absolute Gasteiger partial charge is 0.0896 e. The maximum Gasteiger partial charge on any atom is 0.0896 e. The lowest BCUT2D eigenvalue weighted by Gasteiger charge is -2.11. The molecule has 0 rings (SSSR count). The summed E-state index contributed by atoms with van der Waals surface area (Å²) in [6, 6.07) is 0. The van der Waals surface area contributed by atoms with Gasteiger partial charge in [-0.2, -0.15) is 5.06 Å². The molecule has 0 fully saturated rings. The molecule has 0 aliphatic carbocycles. The normalized spacial score (nSPS) is 14.6. The van der Waals surface area contributed by atoms with Crippen LogP contribution in [0.4, 0.5) is 0 Å². The minimum absolute atomic E-state index is 0.616. The number of nitrogens with zero attached hydrogens (tertiary/aromatic N) is 1. The van der Waals surface area contributed by atoms with Crippen molar-refractivity contribution in [2.24, 2.45) is 0 Å². The summed E-state index contributed by atoms with van der Waals surface area (Å²) in [5.74, 6) is 0. The fourth-order valence-electron chi connectivity index (χ4n) is 1.14. The molecule has 0 radical (unpaired) electrons. The third kappa shape index (κ3) is 6.43. The highest BCUT2D eigenvalue weighted by Gasteiger charge is 1.97. The molecule has 92 valence electrons. The molecule has 0 aliphatic heterocycles. The first-order valence-electron chi connectivity index (χ1n) is 5.50. The molecule has 0 amide bonds. The van der Waals surface area contributed by atoms with Gasteiger partial charge in [0.15, 0.2) is 0 Å². The van der Waals surface area contributed by atoms with Gasteiger partial charge in [0.05, 0.1) is 6.61 Å². The van der Waals surface area contributed by atoms with Crippen molar-refractivity contribution >= 4 is 0 Å². The molecule has 0 saturated heterocycles. The topological polar surface area (TPSA) is 24.5 Å². The monoisotopic (exact) mass is 224 g/mol. The Morgan fingerprint density at radius 2 is 1.94 bits per heavy atom. The predicted molar refractivity (Wildman–Crippen MR) is 70.0 cm³/mol. The first-order chi connectivity index (χ1) is 7.51. The van der Waals surface area contributed by atoms with E-state index in [9.17, 15) is 0 Å². The number of hydroxylamine groups is 2. The summed E-state index contributed by atoms with van der Waals surface area (Å²) in [6.07, 6.45) is 6.26. The molecule has 16 heavy (non-hydrogen) atoms. The zero-order valence-electron chi connectivity index (χ0n) is 11.3. The summed E-state index contributed by atoms with van der Waals surface area (Å²) in [5, 5.41) is 4.86. The molecular weight excluding hydrogens is 200 g/mol. The molecule has 0 aromatic carbocycles. The van der Waals surface area contributed by atoms with Crippen LogP contribution in [0.15, 0.2) is 35.1 Å². The van der Waals surface area contributed by atoms with Gasteiger partial charge in [-0.05, 0) is 31.9 Å². The number of nitrogens with one attached hydrogen (secondary N) is 1. The Balaban J connectivity index is 4.66. The molecule has 3 heteroatoms. The zero-order chi connectivity index (χ0) is 12.6. The molecule has 0 aromatic heterocycles. The lowest BCUT2D eigenvalue weighted by Crippen LogP contribution is -2.14. The number of hydrogen-bond donors (Lipinski definition) is 1. The van der Waals surface area contributed by atoms with Crippen LogP contribution in [0.2, 0.25) is 0 Å². The predicted octanol–water partition coefficient (Wildman–Crippen LogP) is 2.50. The molecular formula is C13H24N2O. The maximum absolute atomic E-state index is 5.39. The summed E-state index contributed by atoms with van der Waals surface area (Å²) < 4.78 is 0. The lowest BCUT2D eigenvalue weighted by atomic mass is 10.1. The van der Waals surface area contributed by atoms with Crippen LogP contribution in [0, 0.1) is 0 Å². The molecule has 0 spiro atoms. The van der Waals surface area contributed by atoms with Gasteiger partial charge in [-0.3, -0.25) is 4.84 Å². The van der Waals surface area contributed by atoms with Crippen LogP contribution < -0.4 is 5.32 Å². The van der Waals surface area contributed by atoms with Gasteiger partial charge < -0.3 is 5.32 Å². The van der Waals surface area contributed by atoms with Gasteiger partial charge >= 0.3 is 0 Å². The first kappa shape index (κ1) is 14.9. The van der Waals surface area contributed by atoms with Gasteiger partial charge in [0.25, 0.3) is 0 Å². The Labute approximate surface area is 99.4 Å². The van der Waals surface area contributed by atoms with Gasteiger partial charge in [0.2, 0.25) is 0 Å². The van der Waals surface area contributed by atoms with Crippen molar-refractivity contribution in [1.29, 1.82) is 0 Å². The highest BCUT2D eigenvalue weighted by Crippen LogP contribution is 2.09. The molecule has 0 bridgehead atoms. The summed E-state index contributed by atoms with van der Waals surface area (Å²) in [5.41, 5.74) is 3.53. The van der Waals surface area contributed by atoms with Crippen molar-refractivity contribution in [1.82, 2.24) is 10.4 Å². The highest BCUT2D eigenvalue weighted by atomic mass is 16.7. The van der Waals surface area contributed by atoms with Crippen LogP contribution in [-0.4, -0.2) is 32.8 Å².